The predicted molar refractivity (Wildman–Crippen MR) is 81.3 cm³/mol. The Labute approximate surface area is 126 Å². The van der Waals surface area contributed by atoms with Crippen molar-refractivity contribution in [1.29, 1.82) is 0 Å². The van der Waals surface area contributed by atoms with Crippen LogP contribution in [0.25, 0.3) is 0 Å². The van der Waals surface area contributed by atoms with Crippen LogP contribution >= 0.6 is 12.2 Å². The molecule has 0 aromatic heterocycles. The lowest BCUT2D eigenvalue weighted by Gasteiger charge is -2.24. The SMILES string of the molecule is CCN(c1cccc(F)c1)c1ccc(C(N)=S)c(F)c1F. The highest BCUT2D eigenvalue weighted by Crippen LogP contribution is 2.30. The van der Waals surface area contributed by atoms with E-state index in [4.69, 9.17) is 5.73 Å². The van der Waals surface area contributed by atoms with Crippen molar-refractivity contribution in [2.24, 2.45) is 5.73 Å². The van der Waals surface area contributed by atoms with Crippen LogP contribution in [0.15, 0.2) is 36.4 Å². The molecule has 0 aliphatic rings. The van der Waals surface area contributed by atoms with Crippen LogP contribution in [0.3, 0.4) is 0 Å². The first kappa shape index (κ1) is 15.3. The highest BCUT2D eigenvalue weighted by atomic mass is 32.1. The van der Waals surface area contributed by atoms with E-state index in [0.29, 0.717) is 12.2 Å². The van der Waals surface area contributed by atoms with E-state index in [-0.39, 0.29) is 16.2 Å². The van der Waals surface area contributed by atoms with E-state index in [1.54, 1.807) is 13.0 Å². The summed E-state index contributed by atoms with van der Waals surface area (Å²) in [5.41, 5.74) is 5.61. The second kappa shape index (κ2) is 6.13. The molecule has 0 heterocycles. The van der Waals surface area contributed by atoms with Gasteiger partial charge in [-0.3, -0.25) is 0 Å². The van der Waals surface area contributed by atoms with Crippen molar-refractivity contribution in [3.05, 3.63) is 59.4 Å². The van der Waals surface area contributed by atoms with E-state index in [1.165, 1.54) is 35.2 Å². The van der Waals surface area contributed by atoms with Crippen molar-refractivity contribution >= 4 is 28.6 Å². The highest BCUT2D eigenvalue weighted by molar-refractivity contribution is 7.80. The zero-order valence-corrected chi connectivity index (χ0v) is 12.1. The largest absolute Gasteiger partial charge is 0.389 e. The normalized spacial score (nSPS) is 10.5. The third kappa shape index (κ3) is 3.00. The Morgan fingerprint density at radius 1 is 1.14 bits per heavy atom. The number of nitrogens with zero attached hydrogens (tertiary/aromatic N) is 1. The third-order valence-electron chi connectivity index (χ3n) is 3.05. The van der Waals surface area contributed by atoms with Gasteiger partial charge in [-0.25, -0.2) is 13.2 Å². The fraction of sp³-hybridized carbons (Fsp3) is 0.133. The molecule has 0 spiro atoms. The summed E-state index contributed by atoms with van der Waals surface area (Å²) >= 11 is 4.67. The van der Waals surface area contributed by atoms with Crippen molar-refractivity contribution in [2.45, 2.75) is 6.92 Å². The minimum atomic E-state index is -1.10. The van der Waals surface area contributed by atoms with Crippen molar-refractivity contribution in [3.8, 4) is 0 Å². The standard InChI is InChI=1S/C15H13F3N2S/c1-2-20(10-5-3-4-9(16)8-10)12-7-6-11(15(19)21)13(17)14(12)18/h3-8H,2H2,1H3,(H2,19,21). The Hall–Kier alpha value is -2.08. The second-order valence-electron chi connectivity index (χ2n) is 4.35. The number of rotatable bonds is 4. The molecule has 110 valence electrons. The maximum Gasteiger partial charge on any atom is 0.183 e. The monoisotopic (exact) mass is 310 g/mol. The summed E-state index contributed by atoms with van der Waals surface area (Å²) in [6.45, 7) is 2.09. The van der Waals surface area contributed by atoms with E-state index in [1.807, 2.05) is 0 Å². The number of hydrogen-bond donors (Lipinski definition) is 1. The van der Waals surface area contributed by atoms with Gasteiger partial charge in [-0.2, -0.15) is 0 Å². The molecule has 0 saturated carbocycles. The van der Waals surface area contributed by atoms with Crippen LogP contribution in [0.2, 0.25) is 0 Å². The fourth-order valence-electron chi connectivity index (χ4n) is 2.07. The van der Waals surface area contributed by atoms with Crippen LogP contribution in [0.1, 0.15) is 12.5 Å². The first-order chi connectivity index (χ1) is 9.95. The maximum atomic E-state index is 14.2. The maximum absolute atomic E-state index is 14.2. The second-order valence-corrected chi connectivity index (χ2v) is 4.79. The van der Waals surface area contributed by atoms with Crippen molar-refractivity contribution < 1.29 is 13.2 Å². The van der Waals surface area contributed by atoms with Crippen LogP contribution in [0.4, 0.5) is 24.5 Å². The third-order valence-corrected chi connectivity index (χ3v) is 3.27. The van der Waals surface area contributed by atoms with Gasteiger partial charge in [0.1, 0.15) is 10.8 Å². The molecule has 0 saturated heterocycles. The van der Waals surface area contributed by atoms with Gasteiger partial charge in [0.25, 0.3) is 0 Å². The zero-order chi connectivity index (χ0) is 15.6. The van der Waals surface area contributed by atoms with Gasteiger partial charge < -0.3 is 10.6 Å². The highest BCUT2D eigenvalue weighted by Gasteiger charge is 2.19. The van der Waals surface area contributed by atoms with Gasteiger partial charge in [-0.15, -0.1) is 0 Å². The van der Waals surface area contributed by atoms with Crippen molar-refractivity contribution in [1.82, 2.24) is 0 Å². The number of hydrogen-bond acceptors (Lipinski definition) is 2. The zero-order valence-electron chi connectivity index (χ0n) is 11.2. The smallest absolute Gasteiger partial charge is 0.183 e. The van der Waals surface area contributed by atoms with E-state index < -0.39 is 17.5 Å². The van der Waals surface area contributed by atoms with Gasteiger partial charge in [0.15, 0.2) is 11.6 Å². The molecule has 2 aromatic rings. The number of halogens is 3. The molecule has 2 aromatic carbocycles. The molecule has 0 amide bonds. The summed E-state index contributed by atoms with van der Waals surface area (Å²) in [6.07, 6.45) is 0. The fourth-order valence-corrected chi connectivity index (χ4v) is 2.23. The van der Waals surface area contributed by atoms with Gasteiger partial charge in [0.05, 0.1) is 5.69 Å². The Morgan fingerprint density at radius 3 is 2.43 bits per heavy atom. The molecule has 0 aliphatic heterocycles. The van der Waals surface area contributed by atoms with Crippen molar-refractivity contribution in [3.63, 3.8) is 0 Å². The first-order valence-electron chi connectivity index (χ1n) is 6.26. The molecule has 6 heteroatoms. The van der Waals surface area contributed by atoms with Gasteiger partial charge in [0, 0.05) is 17.8 Å². The molecular weight excluding hydrogens is 297 g/mol. The minimum Gasteiger partial charge on any atom is -0.389 e. The first-order valence-corrected chi connectivity index (χ1v) is 6.67. The average Bonchev–Trinajstić information content (AvgIpc) is 2.44. The van der Waals surface area contributed by atoms with E-state index >= 15 is 0 Å². The molecule has 0 fully saturated rings. The molecule has 0 unspecified atom stereocenters. The summed E-state index contributed by atoms with van der Waals surface area (Å²) < 4.78 is 41.5. The Balaban J connectivity index is 2.53. The molecule has 0 atom stereocenters. The van der Waals surface area contributed by atoms with Gasteiger partial charge in [0.2, 0.25) is 0 Å². The molecule has 2 rings (SSSR count). The number of nitrogens with two attached hydrogens (primary N) is 1. The lowest BCUT2D eigenvalue weighted by atomic mass is 10.1. The van der Waals surface area contributed by atoms with Crippen LogP contribution in [-0.2, 0) is 0 Å². The summed E-state index contributed by atoms with van der Waals surface area (Å²) in [4.78, 5) is 1.25. The lowest BCUT2D eigenvalue weighted by Crippen LogP contribution is -2.20. The van der Waals surface area contributed by atoms with Crippen LogP contribution in [-0.4, -0.2) is 11.5 Å². The summed E-state index contributed by atoms with van der Waals surface area (Å²) in [6, 6.07) is 8.35. The van der Waals surface area contributed by atoms with Gasteiger partial charge >= 0.3 is 0 Å². The Bertz CT molecular complexity index is 689. The van der Waals surface area contributed by atoms with Gasteiger partial charge in [-0.1, -0.05) is 18.3 Å². The van der Waals surface area contributed by atoms with E-state index in [2.05, 4.69) is 12.2 Å². The summed E-state index contributed by atoms with van der Waals surface area (Å²) in [7, 11) is 0. The molecule has 21 heavy (non-hydrogen) atoms. The Morgan fingerprint density at radius 2 is 1.86 bits per heavy atom. The molecular formula is C15H13F3N2S. The lowest BCUT2D eigenvalue weighted by molar-refractivity contribution is 0.507. The molecule has 0 bridgehead atoms. The number of anilines is 2. The molecule has 0 aliphatic carbocycles. The van der Waals surface area contributed by atoms with Crippen LogP contribution in [0, 0.1) is 17.5 Å². The molecule has 2 N–H and O–H groups in total. The number of benzene rings is 2. The van der Waals surface area contributed by atoms with Crippen molar-refractivity contribution in [2.75, 3.05) is 11.4 Å². The van der Waals surface area contributed by atoms with Gasteiger partial charge in [-0.05, 0) is 37.3 Å². The Kier molecular flexibility index (Phi) is 4.47. The van der Waals surface area contributed by atoms with Crippen LogP contribution < -0.4 is 10.6 Å². The topological polar surface area (TPSA) is 29.3 Å². The van der Waals surface area contributed by atoms with E-state index in [0.717, 1.165) is 0 Å². The quantitative estimate of drug-likeness (QED) is 0.869. The number of thiocarbonyl (C=S) groups is 1. The van der Waals surface area contributed by atoms with Crippen LogP contribution in [0.5, 0.6) is 0 Å². The summed E-state index contributed by atoms with van der Waals surface area (Å²) in [5.74, 6) is -2.62. The predicted octanol–water partition coefficient (Wildman–Crippen LogP) is 3.90. The van der Waals surface area contributed by atoms with E-state index in [9.17, 15) is 13.2 Å². The average molecular weight is 310 g/mol. The minimum absolute atomic E-state index is 0.000556. The summed E-state index contributed by atoms with van der Waals surface area (Å²) in [5, 5.41) is 0. The molecule has 2 nitrogen and oxygen atoms in total. The molecule has 0 radical (unpaired) electrons.